The molecule has 3 N–H and O–H groups in total. The molecule has 1 aromatic heterocycles. The van der Waals surface area contributed by atoms with Crippen molar-refractivity contribution in [1.82, 2.24) is 10.3 Å². The molecule has 0 aliphatic heterocycles. The molecule has 200 valence electrons. The summed E-state index contributed by atoms with van der Waals surface area (Å²) in [5.74, 6) is -0.791. The summed E-state index contributed by atoms with van der Waals surface area (Å²) < 4.78 is 0. The third-order valence-electron chi connectivity index (χ3n) is 5.38. The highest BCUT2D eigenvalue weighted by Crippen LogP contribution is 2.23. The van der Waals surface area contributed by atoms with Crippen molar-refractivity contribution in [3.8, 4) is 0 Å². The molecule has 4 aromatic rings. The van der Waals surface area contributed by atoms with E-state index in [1.54, 1.807) is 85.1 Å². The zero-order chi connectivity index (χ0) is 28.3. The summed E-state index contributed by atoms with van der Waals surface area (Å²) in [6.07, 6.45) is 2.85. The second kappa shape index (κ2) is 13.5. The Morgan fingerprint density at radius 2 is 1.55 bits per heavy atom. The molecule has 1 heterocycles. The van der Waals surface area contributed by atoms with E-state index in [4.69, 9.17) is 0 Å². The number of amides is 3. The fraction of sp³-hybridized carbons (Fsp3) is 0.0345. The molecular weight excluding hydrogens is 530 g/mol. The van der Waals surface area contributed by atoms with Crippen LogP contribution in [0.4, 0.5) is 17.2 Å². The maximum absolute atomic E-state index is 13.2. The number of nitro benzene ring substituents is 1. The fourth-order valence-electron chi connectivity index (χ4n) is 3.47. The smallest absolute Gasteiger partial charge is 0.276 e. The Balaban J connectivity index is 1.46. The van der Waals surface area contributed by atoms with Gasteiger partial charge < -0.3 is 16.0 Å². The number of thioether (sulfide) groups is 1. The van der Waals surface area contributed by atoms with Gasteiger partial charge >= 0.3 is 0 Å². The summed E-state index contributed by atoms with van der Waals surface area (Å²) in [7, 11) is 0. The van der Waals surface area contributed by atoms with Gasteiger partial charge in [0.25, 0.3) is 17.5 Å². The van der Waals surface area contributed by atoms with Gasteiger partial charge in [0.15, 0.2) is 0 Å². The number of carbonyl (C=O) groups is 3. The van der Waals surface area contributed by atoms with Crippen LogP contribution in [0.15, 0.2) is 114 Å². The lowest BCUT2D eigenvalue weighted by Gasteiger charge is -2.12. The number of rotatable bonds is 10. The molecule has 0 aliphatic rings. The first-order chi connectivity index (χ1) is 19.4. The number of benzene rings is 3. The molecular formula is C29H23N5O5S. The zero-order valence-corrected chi connectivity index (χ0v) is 21.8. The number of para-hydroxylation sites is 1. The van der Waals surface area contributed by atoms with Gasteiger partial charge in [-0.3, -0.25) is 24.5 Å². The average molecular weight is 554 g/mol. The highest BCUT2D eigenvalue weighted by atomic mass is 32.2. The van der Waals surface area contributed by atoms with Crippen LogP contribution < -0.4 is 16.0 Å². The van der Waals surface area contributed by atoms with Crippen LogP contribution in [0.3, 0.4) is 0 Å². The van der Waals surface area contributed by atoms with Crippen molar-refractivity contribution in [3.63, 3.8) is 0 Å². The summed E-state index contributed by atoms with van der Waals surface area (Å²) in [5, 5.41) is 19.5. The van der Waals surface area contributed by atoms with Gasteiger partial charge in [-0.25, -0.2) is 4.98 Å². The van der Waals surface area contributed by atoms with Gasteiger partial charge in [-0.15, -0.1) is 11.8 Å². The molecule has 10 nitrogen and oxygen atoms in total. The molecule has 40 heavy (non-hydrogen) atoms. The Morgan fingerprint density at radius 1 is 0.850 bits per heavy atom. The number of hydrogen-bond acceptors (Lipinski definition) is 7. The number of nitrogens with zero attached hydrogens (tertiary/aromatic N) is 2. The van der Waals surface area contributed by atoms with Crippen molar-refractivity contribution < 1.29 is 19.3 Å². The number of hydrogen-bond donors (Lipinski definition) is 3. The second-order valence-electron chi connectivity index (χ2n) is 8.22. The predicted octanol–water partition coefficient (Wildman–Crippen LogP) is 5.13. The lowest BCUT2D eigenvalue weighted by atomic mass is 10.1. The van der Waals surface area contributed by atoms with Gasteiger partial charge in [0.05, 0.1) is 16.2 Å². The lowest BCUT2D eigenvalue weighted by Crippen LogP contribution is -2.30. The van der Waals surface area contributed by atoms with Crippen molar-refractivity contribution in [2.45, 2.75) is 4.90 Å². The molecule has 0 radical (unpaired) electrons. The average Bonchev–Trinajstić information content (AvgIpc) is 2.97. The van der Waals surface area contributed by atoms with Crippen LogP contribution in [-0.2, 0) is 9.59 Å². The van der Waals surface area contributed by atoms with E-state index in [1.165, 1.54) is 36.0 Å². The van der Waals surface area contributed by atoms with Crippen molar-refractivity contribution in [2.24, 2.45) is 0 Å². The minimum Gasteiger partial charge on any atom is -0.321 e. The number of nitro groups is 1. The fourth-order valence-corrected chi connectivity index (χ4v) is 4.17. The van der Waals surface area contributed by atoms with Gasteiger partial charge in [-0.05, 0) is 60.7 Å². The highest BCUT2D eigenvalue weighted by molar-refractivity contribution is 8.00. The number of aromatic nitrogens is 1. The van der Waals surface area contributed by atoms with E-state index >= 15 is 0 Å². The predicted molar refractivity (Wildman–Crippen MR) is 154 cm³/mol. The molecule has 0 atom stereocenters. The molecule has 11 heteroatoms. The standard InChI is InChI=1S/C29H23N5O5S/c35-27(33-26-12-6-7-17-30-26)19-40-23-15-13-22(14-16-23)31-29(37)24(32-28(36)20-8-2-1-3-9-20)18-21-10-4-5-11-25(21)34(38)39/h1-18H,19H2,(H,31,37)(H,32,36)(H,30,33,35)/b24-18-. The Bertz CT molecular complexity index is 1540. The molecule has 4 rings (SSSR count). The van der Waals surface area contributed by atoms with Crippen molar-refractivity contribution in [3.05, 3.63) is 130 Å². The van der Waals surface area contributed by atoms with Crippen LogP contribution in [0.25, 0.3) is 6.08 Å². The molecule has 0 bridgehead atoms. The Morgan fingerprint density at radius 3 is 2.25 bits per heavy atom. The van der Waals surface area contributed by atoms with Crippen molar-refractivity contribution >= 4 is 52.8 Å². The van der Waals surface area contributed by atoms with Gasteiger partial charge in [-0.1, -0.05) is 36.4 Å². The summed E-state index contributed by atoms with van der Waals surface area (Å²) in [6.45, 7) is 0. The van der Waals surface area contributed by atoms with E-state index in [9.17, 15) is 24.5 Å². The van der Waals surface area contributed by atoms with E-state index < -0.39 is 16.7 Å². The molecule has 0 spiro atoms. The van der Waals surface area contributed by atoms with Gasteiger partial charge in [-0.2, -0.15) is 0 Å². The Kier molecular flexibility index (Phi) is 9.35. The van der Waals surface area contributed by atoms with E-state index in [0.29, 0.717) is 17.1 Å². The van der Waals surface area contributed by atoms with Crippen LogP contribution in [0.5, 0.6) is 0 Å². The first kappa shape index (κ1) is 27.7. The van der Waals surface area contributed by atoms with E-state index in [0.717, 1.165) is 4.90 Å². The van der Waals surface area contributed by atoms with Gasteiger partial charge in [0.2, 0.25) is 5.91 Å². The quantitative estimate of drug-likeness (QED) is 0.107. The van der Waals surface area contributed by atoms with Crippen LogP contribution >= 0.6 is 11.8 Å². The number of carbonyl (C=O) groups excluding carboxylic acids is 3. The monoisotopic (exact) mass is 553 g/mol. The first-order valence-electron chi connectivity index (χ1n) is 12.0. The minimum atomic E-state index is -0.669. The van der Waals surface area contributed by atoms with Crippen molar-refractivity contribution in [2.75, 3.05) is 16.4 Å². The maximum Gasteiger partial charge on any atom is 0.276 e. The normalized spacial score (nSPS) is 10.8. The third-order valence-corrected chi connectivity index (χ3v) is 6.39. The number of pyridine rings is 1. The van der Waals surface area contributed by atoms with Crippen molar-refractivity contribution in [1.29, 1.82) is 0 Å². The largest absolute Gasteiger partial charge is 0.321 e. The Labute approximate surface area is 233 Å². The summed E-state index contributed by atoms with van der Waals surface area (Å²) in [4.78, 5) is 54.0. The molecule has 0 saturated heterocycles. The lowest BCUT2D eigenvalue weighted by molar-refractivity contribution is -0.385. The molecule has 0 saturated carbocycles. The second-order valence-corrected chi connectivity index (χ2v) is 9.27. The van der Waals surface area contributed by atoms with Crippen LogP contribution in [-0.4, -0.2) is 33.4 Å². The van der Waals surface area contributed by atoms with Gasteiger partial charge in [0, 0.05) is 28.4 Å². The molecule has 3 aromatic carbocycles. The first-order valence-corrected chi connectivity index (χ1v) is 12.9. The molecule has 3 amide bonds. The SMILES string of the molecule is O=C(CSc1ccc(NC(=O)/C(=C/c2ccccc2[N+](=O)[O-])NC(=O)c2ccccc2)cc1)Nc1ccccn1. The third kappa shape index (κ3) is 7.85. The number of anilines is 2. The van der Waals surface area contributed by atoms with E-state index in [2.05, 4.69) is 20.9 Å². The Hall–Kier alpha value is -5.29. The van der Waals surface area contributed by atoms with Crippen LogP contribution in [0, 0.1) is 10.1 Å². The van der Waals surface area contributed by atoms with E-state index in [1.807, 2.05) is 0 Å². The van der Waals surface area contributed by atoms with Crippen LogP contribution in [0.2, 0.25) is 0 Å². The maximum atomic E-state index is 13.2. The molecule has 0 unspecified atom stereocenters. The zero-order valence-electron chi connectivity index (χ0n) is 20.9. The van der Waals surface area contributed by atoms with Crippen LogP contribution in [0.1, 0.15) is 15.9 Å². The van der Waals surface area contributed by atoms with E-state index in [-0.39, 0.29) is 28.6 Å². The topological polar surface area (TPSA) is 143 Å². The number of nitrogens with one attached hydrogen (secondary N) is 3. The summed E-state index contributed by atoms with van der Waals surface area (Å²) in [5.41, 5.74) is 0.511. The van der Waals surface area contributed by atoms with Gasteiger partial charge in [0.1, 0.15) is 11.5 Å². The summed E-state index contributed by atoms with van der Waals surface area (Å²) >= 11 is 1.31. The minimum absolute atomic E-state index is 0.154. The summed E-state index contributed by atoms with van der Waals surface area (Å²) in [6, 6.07) is 26.2. The highest BCUT2D eigenvalue weighted by Gasteiger charge is 2.18. The molecule has 0 aliphatic carbocycles. The molecule has 0 fully saturated rings.